The van der Waals surface area contributed by atoms with E-state index in [1.54, 1.807) is 36.5 Å². The van der Waals surface area contributed by atoms with Crippen molar-refractivity contribution in [2.24, 2.45) is 0 Å². The van der Waals surface area contributed by atoms with Gasteiger partial charge in [-0.05, 0) is 68.1 Å². The van der Waals surface area contributed by atoms with Crippen molar-refractivity contribution >= 4 is 29.2 Å². The third kappa shape index (κ3) is 7.18. The van der Waals surface area contributed by atoms with Gasteiger partial charge >= 0.3 is 0 Å². The smallest absolute Gasteiger partial charge is 0.248 e. The molecule has 1 saturated carbocycles. The van der Waals surface area contributed by atoms with E-state index in [1.165, 1.54) is 17.0 Å². The van der Waals surface area contributed by atoms with Gasteiger partial charge in [0.2, 0.25) is 17.7 Å². The van der Waals surface area contributed by atoms with E-state index in [0.29, 0.717) is 23.5 Å². The first kappa shape index (κ1) is 26.9. The summed E-state index contributed by atoms with van der Waals surface area (Å²) < 4.78 is 0. The molecule has 0 unspecified atom stereocenters. The van der Waals surface area contributed by atoms with Crippen LogP contribution in [0.15, 0.2) is 72.9 Å². The van der Waals surface area contributed by atoms with Gasteiger partial charge < -0.3 is 15.7 Å². The molecule has 1 aliphatic rings. The maximum absolute atomic E-state index is 13.7. The van der Waals surface area contributed by atoms with Gasteiger partial charge in [-0.3, -0.25) is 19.3 Å². The quantitative estimate of drug-likeness (QED) is 0.351. The van der Waals surface area contributed by atoms with Crippen LogP contribution in [0, 0.1) is 6.92 Å². The van der Waals surface area contributed by atoms with E-state index < -0.39 is 6.04 Å². The van der Waals surface area contributed by atoms with Crippen LogP contribution in [0.3, 0.4) is 0 Å². The molecule has 0 bridgehead atoms. The summed E-state index contributed by atoms with van der Waals surface area (Å²) >= 11 is 0. The Labute approximate surface area is 223 Å². The van der Waals surface area contributed by atoms with Crippen molar-refractivity contribution < 1.29 is 19.5 Å². The van der Waals surface area contributed by atoms with Crippen molar-refractivity contribution in [2.75, 3.05) is 10.2 Å². The maximum Gasteiger partial charge on any atom is 0.248 e. The van der Waals surface area contributed by atoms with Crippen LogP contribution in [0.1, 0.15) is 62.1 Å². The fraction of sp³-hybridized carbons (Fsp3) is 0.333. The molecule has 2 aromatic carbocycles. The molecule has 1 aromatic heterocycles. The standard InChI is InChI=1S/C30H34N4O4/c1-21-12-16-24(17-13-21)34(28(37)11-6-10-27(36)33-26-9-4-5-20-31-26)29(22-14-18-25(35)19-15-22)30(38)32-23-7-2-3-8-23/h4-5,9,12-20,23,29,35H,2-3,6-8,10-11H2,1H3,(H,32,38)(H,31,33,36)/t29-/m0/s1. The van der Waals surface area contributed by atoms with Crippen molar-refractivity contribution in [3.8, 4) is 5.75 Å². The summed E-state index contributed by atoms with van der Waals surface area (Å²) in [7, 11) is 0. The van der Waals surface area contributed by atoms with Crippen LogP contribution >= 0.6 is 0 Å². The number of carbonyl (C=O) groups is 3. The van der Waals surface area contributed by atoms with E-state index in [-0.39, 0.29) is 42.4 Å². The average Bonchev–Trinajstić information content (AvgIpc) is 3.42. The van der Waals surface area contributed by atoms with Crippen molar-refractivity contribution in [1.82, 2.24) is 10.3 Å². The molecule has 3 N–H and O–H groups in total. The van der Waals surface area contributed by atoms with E-state index in [4.69, 9.17) is 0 Å². The highest BCUT2D eigenvalue weighted by Crippen LogP contribution is 2.31. The minimum atomic E-state index is -0.922. The molecule has 1 aliphatic carbocycles. The summed E-state index contributed by atoms with van der Waals surface area (Å²) in [6.45, 7) is 1.96. The molecule has 3 amide bonds. The van der Waals surface area contributed by atoms with Crippen LogP contribution in [0.2, 0.25) is 0 Å². The van der Waals surface area contributed by atoms with Gasteiger partial charge in [0.15, 0.2) is 0 Å². The number of aryl methyl sites for hydroxylation is 1. The van der Waals surface area contributed by atoms with E-state index in [0.717, 1.165) is 31.2 Å². The third-order valence-corrected chi connectivity index (χ3v) is 6.72. The summed E-state index contributed by atoms with van der Waals surface area (Å²) in [5.41, 5.74) is 2.22. The molecule has 8 heteroatoms. The van der Waals surface area contributed by atoms with Crippen molar-refractivity contribution in [2.45, 2.75) is 64.0 Å². The lowest BCUT2D eigenvalue weighted by Gasteiger charge is -2.32. The number of anilines is 2. The number of amides is 3. The second-order valence-electron chi connectivity index (χ2n) is 9.70. The van der Waals surface area contributed by atoms with Gasteiger partial charge in [0.05, 0.1) is 0 Å². The summed E-state index contributed by atoms with van der Waals surface area (Å²) in [4.78, 5) is 45.5. The van der Waals surface area contributed by atoms with Crippen molar-refractivity contribution in [3.05, 3.63) is 84.1 Å². The molecule has 1 heterocycles. The van der Waals surface area contributed by atoms with E-state index in [2.05, 4.69) is 15.6 Å². The van der Waals surface area contributed by atoms with Crippen LogP contribution in [-0.4, -0.2) is 33.9 Å². The van der Waals surface area contributed by atoms with Crippen LogP contribution in [0.5, 0.6) is 5.75 Å². The molecule has 198 valence electrons. The number of pyridine rings is 1. The van der Waals surface area contributed by atoms with Gasteiger partial charge in [0.25, 0.3) is 0 Å². The monoisotopic (exact) mass is 514 g/mol. The molecule has 38 heavy (non-hydrogen) atoms. The minimum absolute atomic E-state index is 0.0763. The molecule has 4 rings (SSSR count). The van der Waals surface area contributed by atoms with Gasteiger partial charge in [0, 0.05) is 30.8 Å². The van der Waals surface area contributed by atoms with Gasteiger partial charge in [-0.2, -0.15) is 0 Å². The number of phenols is 1. The minimum Gasteiger partial charge on any atom is -0.508 e. The van der Waals surface area contributed by atoms with Crippen LogP contribution < -0.4 is 15.5 Å². The molecular formula is C30H34N4O4. The largest absolute Gasteiger partial charge is 0.508 e. The summed E-state index contributed by atoms with van der Waals surface area (Å²) in [5.74, 6) is -0.215. The predicted octanol–water partition coefficient (Wildman–Crippen LogP) is 5.04. The molecule has 1 atom stereocenters. The zero-order valence-corrected chi connectivity index (χ0v) is 21.6. The number of carbonyl (C=O) groups excluding carboxylic acids is 3. The lowest BCUT2D eigenvalue weighted by molar-refractivity contribution is -0.127. The highest BCUT2D eigenvalue weighted by molar-refractivity contribution is 6.01. The van der Waals surface area contributed by atoms with Gasteiger partial charge in [-0.15, -0.1) is 0 Å². The lowest BCUT2D eigenvalue weighted by Crippen LogP contribution is -2.46. The first-order valence-electron chi connectivity index (χ1n) is 13.1. The zero-order valence-electron chi connectivity index (χ0n) is 21.6. The molecule has 0 radical (unpaired) electrons. The molecule has 0 spiro atoms. The van der Waals surface area contributed by atoms with E-state index in [9.17, 15) is 19.5 Å². The van der Waals surface area contributed by atoms with Crippen LogP contribution in [-0.2, 0) is 14.4 Å². The van der Waals surface area contributed by atoms with Crippen LogP contribution in [0.25, 0.3) is 0 Å². The molecule has 3 aromatic rings. The average molecular weight is 515 g/mol. The highest BCUT2D eigenvalue weighted by atomic mass is 16.3. The Morgan fingerprint density at radius 1 is 0.974 bits per heavy atom. The van der Waals surface area contributed by atoms with Gasteiger partial charge in [0.1, 0.15) is 17.6 Å². The second kappa shape index (κ2) is 12.9. The second-order valence-corrected chi connectivity index (χ2v) is 9.70. The number of aromatic nitrogens is 1. The maximum atomic E-state index is 13.7. The Bertz CT molecular complexity index is 1220. The number of benzene rings is 2. The molecule has 0 saturated heterocycles. The zero-order chi connectivity index (χ0) is 26.9. The number of nitrogens with zero attached hydrogens (tertiary/aromatic N) is 2. The Morgan fingerprint density at radius 3 is 2.34 bits per heavy atom. The molecular weight excluding hydrogens is 480 g/mol. The number of hydrogen-bond donors (Lipinski definition) is 3. The number of rotatable bonds is 10. The van der Waals surface area contributed by atoms with E-state index in [1.807, 2.05) is 31.2 Å². The number of hydrogen-bond acceptors (Lipinski definition) is 5. The molecule has 0 aliphatic heterocycles. The Kier molecular flexibility index (Phi) is 9.08. The lowest BCUT2D eigenvalue weighted by atomic mass is 10.0. The van der Waals surface area contributed by atoms with Gasteiger partial charge in [-0.1, -0.05) is 48.7 Å². The first-order chi connectivity index (χ1) is 18.4. The summed E-state index contributed by atoms with van der Waals surface area (Å²) in [5, 5.41) is 15.7. The Balaban J connectivity index is 1.56. The number of nitrogens with one attached hydrogen (secondary N) is 2. The fourth-order valence-electron chi connectivity index (χ4n) is 4.73. The number of phenolic OH excluding ortho intramolecular Hbond substituents is 1. The fourth-order valence-corrected chi connectivity index (χ4v) is 4.73. The van der Waals surface area contributed by atoms with E-state index >= 15 is 0 Å². The summed E-state index contributed by atoms with van der Waals surface area (Å²) in [6, 6.07) is 18.2. The topological polar surface area (TPSA) is 112 Å². The SMILES string of the molecule is Cc1ccc(N(C(=O)CCCC(=O)Nc2ccccn2)[C@H](C(=O)NC2CCCC2)c2ccc(O)cc2)cc1. The van der Waals surface area contributed by atoms with Gasteiger partial charge in [-0.25, -0.2) is 4.98 Å². The van der Waals surface area contributed by atoms with Crippen molar-refractivity contribution in [1.29, 1.82) is 0 Å². The first-order valence-corrected chi connectivity index (χ1v) is 13.1. The highest BCUT2D eigenvalue weighted by Gasteiger charge is 2.34. The molecule has 8 nitrogen and oxygen atoms in total. The van der Waals surface area contributed by atoms with Crippen molar-refractivity contribution in [3.63, 3.8) is 0 Å². The Hall–Kier alpha value is -4.20. The molecule has 1 fully saturated rings. The van der Waals surface area contributed by atoms with Crippen LogP contribution in [0.4, 0.5) is 11.5 Å². The third-order valence-electron chi connectivity index (χ3n) is 6.72. The number of aromatic hydroxyl groups is 1. The summed E-state index contributed by atoms with van der Waals surface area (Å²) in [6.07, 6.45) is 6.09. The Morgan fingerprint density at radius 2 is 1.68 bits per heavy atom. The predicted molar refractivity (Wildman–Crippen MR) is 147 cm³/mol. The normalized spacial score (nSPS) is 14.0.